The number of amides is 1. The molecule has 7 heteroatoms. The van der Waals surface area contributed by atoms with E-state index < -0.39 is 17.3 Å². The van der Waals surface area contributed by atoms with Crippen molar-refractivity contribution in [3.8, 4) is 5.69 Å². The number of hydrogen-bond acceptors (Lipinski definition) is 3. The average Bonchev–Trinajstić information content (AvgIpc) is 2.84. The predicted octanol–water partition coefficient (Wildman–Crippen LogP) is 1.02. The molecule has 0 aliphatic heterocycles. The second-order valence-electron chi connectivity index (χ2n) is 5.01. The smallest absolute Gasteiger partial charge is 0.267 e. The number of hydrogen-bond donors (Lipinski definition) is 2. The highest BCUT2D eigenvalue weighted by Gasteiger charge is 2.14. The summed E-state index contributed by atoms with van der Waals surface area (Å²) in [7, 11) is 0. The number of nitrogens with one attached hydrogen (secondary N) is 2. The minimum atomic E-state index is -0.723. The summed E-state index contributed by atoms with van der Waals surface area (Å²) in [6.07, 6.45) is 0. The van der Waals surface area contributed by atoms with Gasteiger partial charge in [-0.3, -0.25) is 10.2 Å². The number of carbonyl (C=O) groups is 1. The van der Waals surface area contributed by atoms with Gasteiger partial charge in [-0.2, -0.15) is 4.68 Å². The molecule has 1 amide bonds. The highest BCUT2D eigenvalue weighted by Crippen LogP contribution is 2.03. The molecule has 0 radical (unpaired) electrons. The fourth-order valence-electron chi connectivity index (χ4n) is 2.10. The van der Waals surface area contributed by atoms with E-state index in [1.165, 1.54) is 0 Å². The Labute approximate surface area is 130 Å². The first-order valence-corrected chi connectivity index (χ1v) is 6.94. The summed E-state index contributed by atoms with van der Waals surface area (Å²) >= 11 is 0. The van der Waals surface area contributed by atoms with Gasteiger partial charge in [-0.05, 0) is 31.2 Å². The molecule has 0 aliphatic rings. The molecule has 0 unspecified atom stereocenters. The highest BCUT2D eigenvalue weighted by atomic mass is 16.2. The fraction of sp³-hybridized carbons (Fsp3) is 0.0625. The summed E-state index contributed by atoms with van der Waals surface area (Å²) in [4.78, 5) is 36.4. The van der Waals surface area contributed by atoms with Crippen LogP contribution in [0.1, 0.15) is 15.9 Å². The van der Waals surface area contributed by atoms with E-state index in [2.05, 4.69) is 10.5 Å². The lowest BCUT2D eigenvalue weighted by Gasteiger charge is -2.04. The number of benzene rings is 2. The van der Waals surface area contributed by atoms with Crippen LogP contribution in [0.15, 0.2) is 64.2 Å². The van der Waals surface area contributed by atoms with Crippen LogP contribution in [-0.2, 0) is 0 Å². The van der Waals surface area contributed by atoms with Crippen molar-refractivity contribution in [2.45, 2.75) is 6.92 Å². The zero-order chi connectivity index (χ0) is 16.4. The first-order chi connectivity index (χ1) is 11.1. The molecule has 2 aromatic carbocycles. The Morgan fingerprint density at radius 1 is 1.00 bits per heavy atom. The number of nitrogens with zero attached hydrogens (tertiary/aromatic N) is 2. The first-order valence-electron chi connectivity index (χ1n) is 6.94. The first kappa shape index (κ1) is 14.6. The van der Waals surface area contributed by atoms with Crippen molar-refractivity contribution in [3.05, 3.63) is 86.7 Å². The third kappa shape index (κ3) is 2.84. The van der Waals surface area contributed by atoms with Gasteiger partial charge < -0.3 is 0 Å². The summed E-state index contributed by atoms with van der Waals surface area (Å²) in [5, 5.41) is 2.39. The average molecular weight is 310 g/mol. The Morgan fingerprint density at radius 2 is 1.65 bits per heavy atom. The summed E-state index contributed by atoms with van der Waals surface area (Å²) < 4.78 is 1.72. The molecule has 1 aromatic heterocycles. The number of rotatable bonds is 3. The van der Waals surface area contributed by atoms with Gasteiger partial charge in [0.05, 0.1) is 5.69 Å². The van der Waals surface area contributed by atoms with Gasteiger partial charge in [-0.25, -0.2) is 14.7 Å². The van der Waals surface area contributed by atoms with Crippen molar-refractivity contribution >= 4 is 5.91 Å². The topological polar surface area (TPSA) is 88.9 Å². The third-order valence-corrected chi connectivity index (χ3v) is 3.33. The third-order valence-electron chi connectivity index (χ3n) is 3.33. The standard InChI is InChI=1S/C16H14N4O3/c1-11-7-9-12(10-8-11)14(21)17-20-15(22)18-19(16(20)23)13-5-3-2-4-6-13/h2-10H,1H3,(H,17,21)(H,18,22). The Bertz CT molecular complexity index is 949. The number of H-pyrrole nitrogens is 1. The molecule has 0 spiro atoms. The van der Waals surface area contributed by atoms with Crippen molar-refractivity contribution in [1.82, 2.24) is 14.5 Å². The molecule has 0 saturated carbocycles. The van der Waals surface area contributed by atoms with Crippen molar-refractivity contribution < 1.29 is 4.79 Å². The van der Waals surface area contributed by atoms with E-state index in [-0.39, 0.29) is 0 Å². The normalized spacial score (nSPS) is 10.5. The van der Waals surface area contributed by atoms with Gasteiger partial charge in [0.15, 0.2) is 0 Å². The highest BCUT2D eigenvalue weighted by molar-refractivity contribution is 5.99. The minimum Gasteiger partial charge on any atom is -0.267 e. The zero-order valence-electron chi connectivity index (χ0n) is 12.3. The van der Waals surface area contributed by atoms with E-state index >= 15 is 0 Å². The van der Waals surface area contributed by atoms with E-state index in [4.69, 9.17) is 0 Å². The number of aryl methyl sites for hydroxylation is 1. The van der Waals surface area contributed by atoms with Gasteiger partial charge in [0.2, 0.25) is 0 Å². The van der Waals surface area contributed by atoms with Crippen LogP contribution >= 0.6 is 0 Å². The molecule has 3 aromatic rings. The summed E-state index contributed by atoms with van der Waals surface area (Å²) in [5.74, 6) is -0.539. The predicted molar refractivity (Wildman–Crippen MR) is 85.5 cm³/mol. The monoisotopic (exact) mass is 310 g/mol. The lowest BCUT2D eigenvalue weighted by atomic mass is 10.1. The van der Waals surface area contributed by atoms with Crippen LogP contribution in [0.25, 0.3) is 5.69 Å². The van der Waals surface area contributed by atoms with Gasteiger partial charge in [0.1, 0.15) is 0 Å². The maximum absolute atomic E-state index is 12.3. The van der Waals surface area contributed by atoms with E-state index in [0.29, 0.717) is 15.9 Å². The molecule has 0 atom stereocenters. The van der Waals surface area contributed by atoms with Crippen molar-refractivity contribution in [3.63, 3.8) is 0 Å². The maximum Gasteiger partial charge on any atom is 0.371 e. The number of para-hydroxylation sites is 1. The SMILES string of the molecule is Cc1ccc(C(=O)Nn2c(=O)[nH]n(-c3ccccc3)c2=O)cc1. The molecule has 3 rings (SSSR count). The molecular formula is C16H14N4O3. The van der Waals surface area contributed by atoms with Crippen LogP contribution in [0.4, 0.5) is 0 Å². The van der Waals surface area contributed by atoms with Crippen LogP contribution in [0.5, 0.6) is 0 Å². The molecule has 0 fully saturated rings. The lowest BCUT2D eigenvalue weighted by molar-refractivity contribution is 0.101. The van der Waals surface area contributed by atoms with Crippen molar-refractivity contribution in [1.29, 1.82) is 0 Å². The molecule has 0 bridgehead atoms. The summed E-state index contributed by atoms with van der Waals surface area (Å²) in [6.45, 7) is 1.90. The number of aromatic nitrogens is 3. The molecule has 7 nitrogen and oxygen atoms in total. The van der Waals surface area contributed by atoms with Gasteiger partial charge in [0.25, 0.3) is 5.91 Å². The van der Waals surface area contributed by atoms with Crippen LogP contribution in [0.2, 0.25) is 0 Å². The van der Waals surface area contributed by atoms with Crippen molar-refractivity contribution in [2.75, 3.05) is 5.43 Å². The molecule has 23 heavy (non-hydrogen) atoms. The van der Waals surface area contributed by atoms with Crippen LogP contribution in [0.3, 0.4) is 0 Å². The summed E-state index contributed by atoms with van der Waals surface area (Å²) in [6, 6.07) is 15.4. The second kappa shape index (κ2) is 5.80. The fourth-order valence-corrected chi connectivity index (χ4v) is 2.10. The molecule has 2 N–H and O–H groups in total. The Morgan fingerprint density at radius 3 is 2.30 bits per heavy atom. The van der Waals surface area contributed by atoms with Gasteiger partial charge >= 0.3 is 11.4 Å². The molecule has 0 saturated heterocycles. The number of carbonyl (C=O) groups excluding carboxylic acids is 1. The van der Waals surface area contributed by atoms with Gasteiger partial charge in [0, 0.05) is 5.56 Å². The quantitative estimate of drug-likeness (QED) is 0.757. The molecule has 0 aliphatic carbocycles. The maximum atomic E-state index is 12.3. The van der Waals surface area contributed by atoms with E-state index in [1.807, 2.05) is 6.92 Å². The van der Waals surface area contributed by atoms with Crippen molar-refractivity contribution in [2.24, 2.45) is 0 Å². The van der Waals surface area contributed by atoms with E-state index in [9.17, 15) is 14.4 Å². The van der Waals surface area contributed by atoms with E-state index in [1.54, 1.807) is 54.6 Å². The molecule has 1 heterocycles. The second-order valence-corrected chi connectivity index (χ2v) is 5.01. The van der Waals surface area contributed by atoms with Gasteiger partial charge in [-0.1, -0.05) is 35.9 Å². The van der Waals surface area contributed by atoms with Crippen LogP contribution in [-0.4, -0.2) is 20.4 Å². The zero-order valence-corrected chi connectivity index (χ0v) is 12.3. The lowest BCUT2D eigenvalue weighted by Crippen LogP contribution is -2.39. The van der Waals surface area contributed by atoms with E-state index in [0.717, 1.165) is 10.2 Å². The minimum absolute atomic E-state index is 0.356. The molecular weight excluding hydrogens is 296 g/mol. The Kier molecular flexibility index (Phi) is 3.68. The van der Waals surface area contributed by atoms with Crippen LogP contribution < -0.4 is 16.8 Å². The van der Waals surface area contributed by atoms with Crippen LogP contribution in [0, 0.1) is 6.92 Å². The largest absolute Gasteiger partial charge is 0.371 e. The van der Waals surface area contributed by atoms with Gasteiger partial charge in [-0.15, -0.1) is 4.68 Å². The Balaban J connectivity index is 1.94. The molecule has 116 valence electrons. The number of aromatic amines is 1. The summed E-state index contributed by atoms with van der Waals surface area (Å²) in [5.41, 5.74) is 2.76. The Hall–Kier alpha value is -3.35.